The monoisotopic (exact) mass is 502 g/mol. The number of nitriles is 1. The molecule has 0 bridgehead atoms. The Bertz CT molecular complexity index is 1270. The summed E-state index contributed by atoms with van der Waals surface area (Å²) in [6, 6.07) is 11.2. The van der Waals surface area contributed by atoms with Gasteiger partial charge in [0.15, 0.2) is 5.13 Å². The van der Waals surface area contributed by atoms with Gasteiger partial charge in [-0.1, -0.05) is 12.1 Å². The van der Waals surface area contributed by atoms with Gasteiger partial charge in [0.2, 0.25) is 0 Å². The molecule has 0 radical (unpaired) electrons. The van der Waals surface area contributed by atoms with Crippen molar-refractivity contribution in [2.75, 3.05) is 5.32 Å². The number of aromatic hydroxyl groups is 2. The highest BCUT2D eigenvalue weighted by Crippen LogP contribution is 2.26. The number of anilines is 1. The van der Waals surface area contributed by atoms with Crippen molar-refractivity contribution in [3.63, 3.8) is 0 Å². The number of aromatic carboxylic acids is 1. The molecule has 1 amide bonds. The molecule has 3 rings (SSSR count). The largest absolute Gasteiger partial charge is 0.508 e. The molecule has 35 heavy (non-hydrogen) atoms. The van der Waals surface area contributed by atoms with Crippen LogP contribution < -0.4 is 10.1 Å². The van der Waals surface area contributed by atoms with Crippen LogP contribution in [0.1, 0.15) is 34.6 Å². The third-order valence-electron chi connectivity index (χ3n) is 3.49. The van der Waals surface area contributed by atoms with E-state index in [1.54, 1.807) is 18.2 Å². The van der Waals surface area contributed by atoms with Crippen LogP contribution in [0.5, 0.6) is 17.2 Å². The molecule has 13 nitrogen and oxygen atoms in total. The Morgan fingerprint density at radius 3 is 2.31 bits per heavy atom. The second-order valence-electron chi connectivity index (χ2n) is 6.03. The maximum Gasteiger partial charge on any atom is 0.345 e. The number of benzene rings is 2. The van der Waals surface area contributed by atoms with Gasteiger partial charge in [0.25, 0.3) is 5.91 Å². The van der Waals surface area contributed by atoms with Gasteiger partial charge in [-0.3, -0.25) is 25.0 Å². The lowest BCUT2D eigenvalue weighted by atomic mass is 10.2. The fraction of sp³-hybridized carbons (Fsp3) is 0.0952. The molecule has 1 heterocycles. The first-order valence-electron chi connectivity index (χ1n) is 9.25. The maximum atomic E-state index is 12.1. The number of carbonyl (C=O) groups is 3. The van der Waals surface area contributed by atoms with Crippen LogP contribution in [0.25, 0.3) is 0 Å². The van der Waals surface area contributed by atoms with Gasteiger partial charge in [-0.05, 0) is 41.7 Å². The summed E-state index contributed by atoms with van der Waals surface area (Å²) in [5.41, 5.74) is -0.171. The molecule has 2 aromatic carbocycles. The number of aromatic nitrogens is 1. The van der Waals surface area contributed by atoms with Gasteiger partial charge < -0.3 is 20.1 Å². The molecule has 0 aliphatic heterocycles. The summed E-state index contributed by atoms with van der Waals surface area (Å²) in [4.78, 5) is 47.1. The molecule has 182 valence electrons. The van der Waals surface area contributed by atoms with E-state index in [4.69, 9.17) is 25.3 Å². The van der Waals surface area contributed by atoms with Crippen LogP contribution in [0, 0.1) is 21.4 Å². The van der Waals surface area contributed by atoms with Crippen LogP contribution in [0.3, 0.4) is 0 Å². The number of esters is 1. The van der Waals surface area contributed by atoms with Crippen LogP contribution >= 0.6 is 11.3 Å². The van der Waals surface area contributed by atoms with Gasteiger partial charge in [-0.25, -0.2) is 9.78 Å². The van der Waals surface area contributed by atoms with E-state index in [-0.39, 0.29) is 38.5 Å². The average molecular weight is 502 g/mol. The number of nitrogens with zero attached hydrogens (tertiary/aromatic N) is 3. The number of para-hydroxylation sites is 1. The Morgan fingerprint density at radius 1 is 1.17 bits per heavy atom. The van der Waals surface area contributed by atoms with Gasteiger partial charge in [-0.2, -0.15) is 5.26 Å². The average Bonchev–Trinajstić information content (AvgIpc) is 3.25. The molecule has 4 N–H and O–H groups in total. The molecule has 0 atom stereocenters. The number of amides is 1. The number of ether oxygens (including phenoxy) is 1. The lowest BCUT2D eigenvalue weighted by molar-refractivity contribution is -0.380. The number of carboxylic acids is 1. The van der Waals surface area contributed by atoms with E-state index in [1.165, 1.54) is 32.0 Å². The van der Waals surface area contributed by atoms with Crippen molar-refractivity contribution >= 4 is 39.3 Å². The highest BCUT2D eigenvalue weighted by Gasteiger charge is 2.17. The first-order chi connectivity index (χ1) is 16.5. The minimum Gasteiger partial charge on any atom is -0.508 e. The van der Waals surface area contributed by atoms with Crippen LogP contribution in [0.4, 0.5) is 10.1 Å². The third-order valence-corrected chi connectivity index (χ3v) is 4.35. The highest BCUT2D eigenvalue weighted by atomic mass is 32.1. The van der Waals surface area contributed by atoms with Gasteiger partial charge in [-0.15, -0.1) is 0 Å². The van der Waals surface area contributed by atoms with Crippen molar-refractivity contribution in [2.24, 2.45) is 0 Å². The maximum absolute atomic E-state index is 12.1. The van der Waals surface area contributed by atoms with Crippen LogP contribution in [0.2, 0.25) is 0 Å². The molecular formula is C21H18N4O9S. The molecule has 0 fully saturated rings. The summed E-state index contributed by atoms with van der Waals surface area (Å²) in [6.45, 7) is 2.65. The number of carboxylic acid groups (broad SMARTS) is 1. The number of rotatable bonds is 5. The van der Waals surface area contributed by atoms with Crippen molar-refractivity contribution in [3.05, 3.63) is 69.9 Å². The second kappa shape index (κ2) is 13.5. The molecule has 0 unspecified atom stereocenters. The number of hydrogen-bond donors (Lipinski definition) is 4. The summed E-state index contributed by atoms with van der Waals surface area (Å²) in [7, 11) is 0. The van der Waals surface area contributed by atoms with Crippen molar-refractivity contribution < 1.29 is 39.4 Å². The Morgan fingerprint density at radius 2 is 1.80 bits per heavy atom. The zero-order valence-electron chi connectivity index (χ0n) is 18.2. The van der Waals surface area contributed by atoms with Gasteiger partial charge in [0.1, 0.15) is 29.0 Å². The summed E-state index contributed by atoms with van der Waals surface area (Å²) >= 11 is 0.734. The van der Waals surface area contributed by atoms with Crippen LogP contribution in [-0.4, -0.2) is 43.1 Å². The normalized spacial score (nSPS) is 9.17. The molecule has 3 aromatic rings. The number of phenols is 2. The molecule has 0 aliphatic carbocycles. The molecule has 0 spiro atoms. The van der Waals surface area contributed by atoms with Gasteiger partial charge in [0, 0.05) is 13.8 Å². The number of hydrogen-bond acceptors (Lipinski definition) is 11. The molecule has 0 saturated heterocycles. The van der Waals surface area contributed by atoms with E-state index in [2.05, 4.69) is 10.3 Å². The van der Waals surface area contributed by atoms with Crippen LogP contribution in [-0.2, 0) is 4.79 Å². The van der Waals surface area contributed by atoms with E-state index in [1.807, 2.05) is 0 Å². The highest BCUT2D eigenvalue weighted by molar-refractivity contribution is 7.18. The number of thiazole rings is 1. The quantitative estimate of drug-likeness (QED) is 0.130. The summed E-state index contributed by atoms with van der Waals surface area (Å²) in [5.74, 6) is -2.82. The lowest BCUT2D eigenvalue weighted by Crippen LogP contribution is -2.14. The predicted octanol–water partition coefficient (Wildman–Crippen LogP) is 3.55. The number of nitro groups is 1. The van der Waals surface area contributed by atoms with E-state index in [0.717, 1.165) is 29.7 Å². The zero-order valence-corrected chi connectivity index (χ0v) is 19.0. The second-order valence-corrected chi connectivity index (χ2v) is 7.04. The SMILES string of the molecule is CC#N.CC(=O)Oc1ccccc1C(=O)Nc1ncc([N+](=O)[O-])s1.O=C(O)c1cc(O)ccc1O. The topological polar surface area (TPSA) is 213 Å². The summed E-state index contributed by atoms with van der Waals surface area (Å²) in [6.07, 6.45) is 1.05. The van der Waals surface area contributed by atoms with Crippen molar-refractivity contribution in [3.8, 4) is 23.3 Å². The first-order valence-corrected chi connectivity index (χ1v) is 10.1. The Hall–Kier alpha value is -5.03. The lowest BCUT2D eigenvalue weighted by Gasteiger charge is -2.07. The Balaban J connectivity index is 0.000000366. The van der Waals surface area contributed by atoms with Gasteiger partial charge >= 0.3 is 16.9 Å². The van der Waals surface area contributed by atoms with Crippen molar-refractivity contribution in [1.82, 2.24) is 4.98 Å². The van der Waals surface area contributed by atoms with E-state index in [9.17, 15) is 24.5 Å². The molecule has 14 heteroatoms. The van der Waals surface area contributed by atoms with E-state index < -0.39 is 22.8 Å². The molecular weight excluding hydrogens is 484 g/mol. The van der Waals surface area contributed by atoms with E-state index >= 15 is 0 Å². The standard InChI is InChI=1S/C12H9N3O5S.C7H6O4.C2H3N/c1-7(16)20-9-5-3-2-4-8(9)11(17)14-12-13-6-10(21-12)15(18)19;8-4-1-2-6(9)5(3-4)7(10)11;1-2-3/h2-6H,1H3,(H,13,14,17);1-3,8-9H,(H,10,11);1H3. The van der Waals surface area contributed by atoms with Crippen LogP contribution in [0.15, 0.2) is 48.7 Å². The molecule has 1 aromatic heterocycles. The number of carbonyl (C=O) groups excluding carboxylic acids is 2. The Labute approximate surface area is 201 Å². The zero-order chi connectivity index (χ0) is 26.5. The summed E-state index contributed by atoms with van der Waals surface area (Å²) < 4.78 is 4.92. The van der Waals surface area contributed by atoms with E-state index in [0.29, 0.717) is 0 Å². The van der Waals surface area contributed by atoms with Gasteiger partial charge in [0.05, 0.1) is 16.6 Å². The minimum absolute atomic E-state index is 0.0873. The number of phenolic OH excluding ortho intramolecular Hbond substituents is 1. The number of nitrogens with one attached hydrogen (secondary N) is 1. The molecule has 0 saturated carbocycles. The first kappa shape index (κ1) is 28.0. The Kier molecular flexibility index (Phi) is 10.8. The fourth-order valence-electron chi connectivity index (χ4n) is 2.17. The molecule has 0 aliphatic rings. The minimum atomic E-state index is -1.27. The smallest absolute Gasteiger partial charge is 0.345 e. The summed E-state index contributed by atoms with van der Waals surface area (Å²) in [5, 5.41) is 46.3. The third kappa shape index (κ3) is 9.16. The fourth-order valence-corrected chi connectivity index (χ4v) is 2.79. The van der Waals surface area contributed by atoms with Crippen molar-refractivity contribution in [1.29, 1.82) is 5.26 Å². The van der Waals surface area contributed by atoms with Crippen molar-refractivity contribution in [2.45, 2.75) is 13.8 Å². The predicted molar refractivity (Wildman–Crippen MR) is 122 cm³/mol.